The van der Waals surface area contributed by atoms with E-state index in [0.29, 0.717) is 24.5 Å². The van der Waals surface area contributed by atoms with Crippen LogP contribution in [0.1, 0.15) is 22.5 Å². The molecule has 0 radical (unpaired) electrons. The number of anilines is 1. The Morgan fingerprint density at radius 1 is 1.08 bits per heavy atom. The van der Waals surface area contributed by atoms with E-state index in [2.05, 4.69) is 25.8 Å². The number of hydrazone groups is 1. The summed E-state index contributed by atoms with van der Waals surface area (Å²) in [6, 6.07) is 17.5. The maximum atomic E-state index is 12.3. The molecule has 2 aromatic heterocycles. The van der Waals surface area contributed by atoms with E-state index in [1.54, 1.807) is 6.20 Å². The Labute approximate surface area is 145 Å². The van der Waals surface area contributed by atoms with E-state index in [4.69, 9.17) is 0 Å². The molecule has 25 heavy (non-hydrogen) atoms. The zero-order valence-electron chi connectivity index (χ0n) is 13.5. The van der Waals surface area contributed by atoms with Gasteiger partial charge in [-0.1, -0.05) is 36.4 Å². The van der Waals surface area contributed by atoms with Gasteiger partial charge in [0.25, 0.3) is 5.91 Å². The van der Waals surface area contributed by atoms with Gasteiger partial charge < -0.3 is 10.3 Å². The Morgan fingerprint density at radius 2 is 1.92 bits per heavy atom. The maximum absolute atomic E-state index is 12.3. The van der Waals surface area contributed by atoms with Crippen LogP contribution in [0.3, 0.4) is 0 Å². The highest BCUT2D eigenvalue weighted by Gasteiger charge is 2.23. The number of carbonyl (C=O) groups is 1. The van der Waals surface area contributed by atoms with Gasteiger partial charge in [0.2, 0.25) is 0 Å². The van der Waals surface area contributed by atoms with Crippen LogP contribution >= 0.6 is 0 Å². The molecule has 0 aliphatic carbocycles. The molecular weight excluding hydrogens is 314 g/mol. The molecule has 3 aromatic rings. The van der Waals surface area contributed by atoms with Crippen LogP contribution < -0.4 is 10.7 Å². The van der Waals surface area contributed by atoms with Crippen molar-refractivity contribution < 1.29 is 4.79 Å². The second-order valence-corrected chi connectivity index (χ2v) is 5.73. The van der Waals surface area contributed by atoms with Crippen molar-refractivity contribution in [3.8, 4) is 11.3 Å². The zero-order chi connectivity index (χ0) is 17.1. The molecular formula is C19H17N5O. The van der Waals surface area contributed by atoms with E-state index in [-0.39, 0.29) is 5.91 Å². The van der Waals surface area contributed by atoms with Crippen LogP contribution in [-0.2, 0) is 0 Å². The van der Waals surface area contributed by atoms with Crippen molar-refractivity contribution in [1.29, 1.82) is 0 Å². The van der Waals surface area contributed by atoms with Gasteiger partial charge in [-0.15, -0.1) is 0 Å². The van der Waals surface area contributed by atoms with Crippen LogP contribution in [0.25, 0.3) is 11.3 Å². The van der Waals surface area contributed by atoms with Gasteiger partial charge in [-0.2, -0.15) is 5.10 Å². The Kier molecular flexibility index (Phi) is 4.00. The van der Waals surface area contributed by atoms with E-state index >= 15 is 0 Å². The van der Waals surface area contributed by atoms with Gasteiger partial charge in [0.1, 0.15) is 11.5 Å². The molecule has 0 atom stereocenters. The van der Waals surface area contributed by atoms with Crippen LogP contribution in [-0.4, -0.2) is 28.1 Å². The second kappa shape index (κ2) is 6.60. The number of pyridine rings is 1. The third-order valence-corrected chi connectivity index (χ3v) is 4.06. The first kappa shape index (κ1) is 15.1. The van der Waals surface area contributed by atoms with Gasteiger partial charge in [-0.05, 0) is 23.8 Å². The first-order chi connectivity index (χ1) is 12.3. The number of carbonyl (C=O) groups excluding carboxylic acids is 1. The third-order valence-electron chi connectivity index (χ3n) is 4.06. The average Bonchev–Trinajstić information content (AvgIpc) is 3.05. The van der Waals surface area contributed by atoms with Gasteiger partial charge in [0, 0.05) is 30.4 Å². The zero-order valence-corrected chi connectivity index (χ0v) is 13.5. The van der Waals surface area contributed by atoms with Crippen molar-refractivity contribution in [2.24, 2.45) is 5.10 Å². The number of nitrogens with one attached hydrogen (secondary N) is 3. The van der Waals surface area contributed by atoms with Crippen molar-refractivity contribution in [3.63, 3.8) is 0 Å². The fraction of sp³-hybridized carbons (Fsp3) is 0.105. The van der Waals surface area contributed by atoms with E-state index in [1.807, 2.05) is 54.6 Å². The predicted molar refractivity (Wildman–Crippen MR) is 97.6 cm³/mol. The lowest BCUT2D eigenvalue weighted by Crippen LogP contribution is -2.23. The molecule has 0 bridgehead atoms. The first-order valence-electron chi connectivity index (χ1n) is 8.12. The van der Waals surface area contributed by atoms with Gasteiger partial charge in [0.15, 0.2) is 0 Å². The summed E-state index contributed by atoms with van der Waals surface area (Å²) in [4.78, 5) is 19.8. The van der Waals surface area contributed by atoms with E-state index < -0.39 is 0 Å². The van der Waals surface area contributed by atoms with Gasteiger partial charge >= 0.3 is 0 Å². The molecule has 6 heteroatoms. The fourth-order valence-corrected chi connectivity index (χ4v) is 2.82. The second-order valence-electron chi connectivity index (χ2n) is 5.73. The summed E-state index contributed by atoms with van der Waals surface area (Å²) >= 11 is 0. The summed E-state index contributed by atoms with van der Waals surface area (Å²) in [5.41, 5.74) is 7.07. The molecule has 0 spiro atoms. The summed E-state index contributed by atoms with van der Waals surface area (Å²) in [6.07, 6.45) is 2.35. The SMILES string of the molecule is O=C1NCC/C(=N/Nc2ccccn2)c2cc(-c3ccccc3)[nH]c21. The highest BCUT2D eigenvalue weighted by Crippen LogP contribution is 2.24. The Balaban J connectivity index is 1.72. The maximum Gasteiger partial charge on any atom is 0.268 e. The highest BCUT2D eigenvalue weighted by atomic mass is 16.1. The van der Waals surface area contributed by atoms with Gasteiger partial charge in [0.05, 0.1) is 5.71 Å². The molecule has 0 saturated heterocycles. The number of hydrogen-bond acceptors (Lipinski definition) is 4. The largest absolute Gasteiger partial charge is 0.350 e. The van der Waals surface area contributed by atoms with E-state index in [1.165, 1.54) is 0 Å². The number of nitrogens with zero attached hydrogens (tertiary/aromatic N) is 2. The lowest BCUT2D eigenvalue weighted by Gasteiger charge is -2.04. The van der Waals surface area contributed by atoms with Gasteiger partial charge in [-0.25, -0.2) is 4.98 Å². The van der Waals surface area contributed by atoms with Crippen LogP contribution in [0.5, 0.6) is 0 Å². The minimum absolute atomic E-state index is 0.111. The number of H-pyrrole nitrogens is 1. The molecule has 0 saturated carbocycles. The van der Waals surface area contributed by atoms with Crippen molar-refractivity contribution in [2.75, 3.05) is 12.0 Å². The van der Waals surface area contributed by atoms with Crippen molar-refractivity contribution in [2.45, 2.75) is 6.42 Å². The summed E-state index contributed by atoms with van der Waals surface area (Å²) < 4.78 is 0. The molecule has 0 fully saturated rings. The quantitative estimate of drug-likeness (QED) is 0.645. The molecule has 6 nitrogen and oxygen atoms in total. The summed E-state index contributed by atoms with van der Waals surface area (Å²) in [7, 11) is 0. The van der Waals surface area contributed by atoms with E-state index in [0.717, 1.165) is 22.5 Å². The lowest BCUT2D eigenvalue weighted by atomic mass is 10.1. The molecule has 1 aliphatic heterocycles. The minimum atomic E-state index is -0.111. The number of hydrogen-bond donors (Lipinski definition) is 3. The monoisotopic (exact) mass is 331 g/mol. The van der Waals surface area contributed by atoms with Gasteiger partial charge in [-0.3, -0.25) is 10.2 Å². The van der Waals surface area contributed by atoms with E-state index in [9.17, 15) is 4.79 Å². The fourth-order valence-electron chi connectivity index (χ4n) is 2.82. The molecule has 1 aliphatic rings. The van der Waals surface area contributed by atoms with Crippen LogP contribution in [0.2, 0.25) is 0 Å². The summed E-state index contributed by atoms with van der Waals surface area (Å²) in [5.74, 6) is 0.555. The summed E-state index contributed by atoms with van der Waals surface area (Å²) in [5, 5.41) is 7.39. The normalized spacial score (nSPS) is 15.4. The summed E-state index contributed by atoms with van der Waals surface area (Å²) in [6.45, 7) is 0.546. The van der Waals surface area contributed by atoms with Crippen LogP contribution in [0.4, 0.5) is 5.82 Å². The number of amides is 1. The molecule has 4 rings (SSSR count). The van der Waals surface area contributed by atoms with Crippen molar-refractivity contribution in [1.82, 2.24) is 15.3 Å². The molecule has 0 unspecified atom stereocenters. The standard InChI is InChI=1S/C19H17N5O/c25-19-18-14(12-16(22-18)13-6-2-1-3-7-13)15(9-11-21-19)23-24-17-8-4-5-10-20-17/h1-8,10,12,22H,9,11H2,(H,20,24)(H,21,25)/b23-15-. The number of fused-ring (bicyclic) bond motifs is 1. The lowest BCUT2D eigenvalue weighted by molar-refractivity contribution is 0.0952. The molecule has 1 aromatic carbocycles. The number of aromatic nitrogens is 2. The molecule has 124 valence electrons. The molecule has 3 N–H and O–H groups in total. The third kappa shape index (κ3) is 3.14. The van der Waals surface area contributed by atoms with Crippen LogP contribution in [0.15, 0.2) is 65.9 Å². The molecule has 3 heterocycles. The first-order valence-corrected chi connectivity index (χ1v) is 8.12. The van der Waals surface area contributed by atoms with Crippen molar-refractivity contribution >= 4 is 17.4 Å². The Morgan fingerprint density at radius 3 is 2.72 bits per heavy atom. The molecule has 1 amide bonds. The number of aromatic amines is 1. The predicted octanol–water partition coefficient (Wildman–Crippen LogP) is 3.03. The smallest absolute Gasteiger partial charge is 0.268 e. The highest BCUT2D eigenvalue weighted by molar-refractivity contribution is 6.12. The Hall–Kier alpha value is -3.41. The van der Waals surface area contributed by atoms with Crippen LogP contribution in [0, 0.1) is 0 Å². The minimum Gasteiger partial charge on any atom is -0.350 e. The van der Waals surface area contributed by atoms with Crippen molar-refractivity contribution in [3.05, 3.63) is 72.1 Å². The Bertz CT molecular complexity index is 916. The number of benzene rings is 1. The average molecular weight is 331 g/mol. The topological polar surface area (TPSA) is 82.2 Å². The number of rotatable bonds is 3.